The number of carbonyl (C=O) groups excluding carboxylic acids is 1. The highest BCUT2D eigenvalue weighted by Gasteiger charge is 2.14. The number of rotatable bonds is 4. The molecule has 1 aromatic rings. The van der Waals surface area contributed by atoms with Gasteiger partial charge in [0.1, 0.15) is 0 Å². The molecule has 0 aliphatic rings. The van der Waals surface area contributed by atoms with Crippen molar-refractivity contribution in [2.75, 3.05) is 13.0 Å². The van der Waals surface area contributed by atoms with Crippen LogP contribution in [0.25, 0.3) is 0 Å². The fourth-order valence-electron chi connectivity index (χ4n) is 1.37. The lowest BCUT2D eigenvalue weighted by Crippen LogP contribution is -2.07. The Morgan fingerprint density at radius 2 is 2.27 bits per heavy atom. The summed E-state index contributed by atoms with van der Waals surface area (Å²) in [6, 6.07) is 5.65. The Balaban J connectivity index is 3.03. The second-order valence-electron chi connectivity index (χ2n) is 3.06. The van der Waals surface area contributed by atoms with Crippen molar-refractivity contribution in [1.82, 2.24) is 0 Å². The third-order valence-electron chi connectivity index (χ3n) is 2.07. The maximum absolute atomic E-state index is 11.5. The van der Waals surface area contributed by atoms with Gasteiger partial charge >= 0.3 is 5.97 Å². The molecule has 0 saturated carbocycles. The number of benzene rings is 1. The van der Waals surface area contributed by atoms with Gasteiger partial charge in [-0.25, -0.2) is 4.79 Å². The van der Waals surface area contributed by atoms with E-state index >= 15 is 0 Å². The molecular formula is C11H12BrClO2. The van der Waals surface area contributed by atoms with E-state index in [0.29, 0.717) is 11.4 Å². The number of aryl methyl sites for hydroxylation is 1. The highest BCUT2D eigenvalue weighted by Crippen LogP contribution is 2.22. The first-order chi connectivity index (χ1) is 7.20. The van der Waals surface area contributed by atoms with E-state index in [-0.39, 0.29) is 5.97 Å². The molecule has 0 heterocycles. The number of halogens is 2. The van der Waals surface area contributed by atoms with Crippen molar-refractivity contribution >= 4 is 33.5 Å². The van der Waals surface area contributed by atoms with Crippen LogP contribution in [0.3, 0.4) is 0 Å². The summed E-state index contributed by atoms with van der Waals surface area (Å²) >= 11 is 8.98. The Hall–Kier alpha value is -0.540. The zero-order valence-electron chi connectivity index (χ0n) is 8.43. The number of hydrogen-bond acceptors (Lipinski definition) is 2. The topological polar surface area (TPSA) is 26.3 Å². The average molecular weight is 292 g/mol. The summed E-state index contributed by atoms with van der Waals surface area (Å²) in [6.45, 7) is 0. The van der Waals surface area contributed by atoms with Gasteiger partial charge in [-0.05, 0) is 40.4 Å². The van der Waals surface area contributed by atoms with E-state index in [0.717, 1.165) is 22.9 Å². The summed E-state index contributed by atoms with van der Waals surface area (Å²) in [6.07, 6.45) is 1.63. The minimum absolute atomic E-state index is 0.313. The number of hydrogen-bond donors (Lipinski definition) is 0. The van der Waals surface area contributed by atoms with Gasteiger partial charge in [0.05, 0.1) is 12.7 Å². The molecule has 0 saturated heterocycles. The minimum Gasteiger partial charge on any atom is -0.465 e. The Kier molecular flexibility index (Phi) is 5.12. The lowest BCUT2D eigenvalue weighted by molar-refractivity contribution is 0.0598. The van der Waals surface area contributed by atoms with E-state index in [1.807, 2.05) is 18.2 Å². The van der Waals surface area contributed by atoms with Crippen molar-refractivity contribution in [3.63, 3.8) is 0 Å². The Morgan fingerprint density at radius 1 is 1.53 bits per heavy atom. The van der Waals surface area contributed by atoms with Crippen LogP contribution in [0, 0.1) is 0 Å². The van der Waals surface area contributed by atoms with Crippen molar-refractivity contribution in [3.05, 3.63) is 33.8 Å². The summed E-state index contributed by atoms with van der Waals surface area (Å²) in [5.41, 5.74) is 1.57. The number of esters is 1. The number of alkyl halides is 1. The quantitative estimate of drug-likeness (QED) is 0.628. The molecule has 0 amide bonds. The van der Waals surface area contributed by atoms with Crippen LogP contribution in [-0.2, 0) is 11.2 Å². The molecule has 0 radical (unpaired) electrons. The van der Waals surface area contributed by atoms with E-state index in [1.54, 1.807) is 0 Å². The number of carbonyl (C=O) groups is 1. The first-order valence-electron chi connectivity index (χ1n) is 4.62. The zero-order valence-corrected chi connectivity index (χ0v) is 10.8. The van der Waals surface area contributed by atoms with Gasteiger partial charge in [0, 0.05) is 10.4 Å². The average Bonchev–Trinajstić information content (AvgIpc) is 2.25. The maximum atomic E-state index is 11.5. The first-order valence-corrected chi connectivity index (χ1v) is 5.95. The maximum Gasteiger partial charge on any atom is 0.339 e. The zero-order chi connectivity index (χ0) is 11.3. The van der Waals surface area contributed by atoms with E-state index in [2.05, 4.69) is 15.9 Å². The normalized spacial score (nSPS) is 10.1. The van der Waals surface area contributed by atoms with Gasteiger partial charge in [-0.1, -0.05) is 12.1 Å². The van der Waals surface area contributed by atoms with Crippen LogP contribution in [0.5, 0.6) is 0 Å². The Labute approximate surface area is 103 Å². The Bertz CT molecular complexity index is 352. The monoisotopic (exact) mass is 290 g/mol. The van der Waals surface area contributed by atoms with Crippen molar-refractivity contribution in [3.8, 4) is 0 Å². The van der Waals surface area contributed by atoms with Crippen LogP contribution in [0.2, 0.25) is 0 Å². The van der Waals surface area contributed by atoms with E-state index < -0.39 is 0 Å². The molecule has 15 heavy (non-hydrogen) atoms. The lowest BCUT2D eigenvalue weighted by Gasteiger charge is -2.08. The summed E-state index contributed by atoms with van der Waals surface area (Å²) in [4.78, 5) is 11.5. The predicted molar refractivity (Wildman–Crippen MR) is 64.5 cm³/mol. The van der Waals surface area contributed by atoms with E-state index in [4.69, 9.17) is 16.3 Å². The third kappa shape index (κ3) is 3.21. The standard InChI is InChI=1S/C11H12BrClO2/c1-15-11(14)10-8(5-3-7-13)4-2-6-9(10)12/h2,4,6H,3,5,7H2,1H3. The van der Waals surface area contributed by atoms with Crippen LogP contribution in [0.15, 0.2) is 22.7 Å². The molecule has 0 aliphatic heterocycles. The van der Waals surface area contributed by atoms with E-state index in [9.17, 15) is 4.79 Å². The molecule has 0 atom stereocenters. The highest BCUT2D eigenvalue weighted by atomic mass is 79.9. The molecule has 0 bridgehead atoms. The van der Waals surface area contributed by atoms with E-state index in [1.165, 1.54) is 7.11 Å². The van der Waals surface area contributed by atoms with Crippen LogP contribution in [0.1, 0.15) is 22.3 Å². The number of methoxy groups -OCH3 is 1. The highest BCUT2D eigenvalue weighted by molar-refractivity contribution is 9.10. The fourth-order valence-corrected chi connectivity index (χ4v) is 2.07. The van der Waals surface area contributed by atoms with Gasteiger partial charge in [0.25, 0.3) is 0 Å². The van der Waals surface area contributed by atoms with Gasteiger partial charge < -0.3 is 4.74 Å². The molecule has 82 valence electrons. The van der Waals surface area contributed by atoms with Crippen molar-refractivity contribution in [1.29, 1.82) is 0 Å². The Morgan fingerprint density at radius 3 is 2.87 bits per heavy atom. The van der Waals surface area contributed by atoms with Gasteiger partial charge in [-0.2, -0.15) is 0 Å². The van der Waals surface area contributed by atoms with Crippen LogP contribution in [-0.4, -0.2) is 19.0 Å². The van der Waals surface area contributed by atoms with Crippen molar-refractivity contribution < 1.29 is 9.53 Å². The van der Waals surface area contributed by atoms with Crippen molar-refractivity contribution in [2.24, 2.45) is 0 Å². The SMILES string of the molecule is COC(=O)c1c(Br)cccc1CCCCl. The first kappa shape index (κ1) is 12.5. The third-order valence-corrected chi connectivity index (χ3v) is 3.00. The molecule has 1 rings (SSSR count). The fraction of sp³-hybridized carbons (Fsp3) is 0.364. The van der Waals surface area contributed by atoms with Gasteiger partial charge in [0.2, 0.25) is 0 Å². The molecule has 0 fully saturated rings. The van der Waals surface area contributed by atoms with Crippen LogP contribution >= 0.6 is 27.5 Å². The van der Waals surface area contributed by atoms with Crippen molar-refractivity contribution in [2.45, 2.75) is 12.8 Å². The molecule has 1 aromatic carbocycles. The van der Waals surface area contributed by atoms with Gasteiger partial charge in [-0.3, -0.25) is 0 Å². The largest absolute Gasteiger partial charge is 0.465 e. The predicted octanol–water partition coefficient (Wildman–Crippen LogP) is 3.41. The summed E-state index contributed by atoms with van der Waals surface area (Å²) in [7, 11) is 1.38. The molecule has 4 heteroatoms. The lowest BCUT2D eigenvalue weighted by atomic mass is 10.0. The van der Waals surface area contributed by atoms with Crippen LogP contribution in [0.4, 0.5) is 0 Å². The molecule has 0 unspecified atom stereocenters. The molecular weight excluding hydrogens is 279 g/mol. The smallest absolute Gasteiger partial charge is 0.339 e. The summed E-state index contributed by atoms with van der Waals surface area (Å²) in [5, 5.41) is 0. The molecule has 0 aliphatic carbocycles. The second-order valence-corrected chi connectivity index (χ2v) is 4.29. The van der Waals surface area contributed by atoms with Gasteiger partial charge in [-0.15, -0.1) is 11.6 Å². The molecule has 0 aromatic heterocycles. The molecule has 0 spiro atoms. The minimum atomic E-state index is -0.313. The van der Waals surface area contributed by atoms with Gasteiger partial charge in [0.15, 0.2) is 0 Å². The summed E-state index contributed by atoms with van der Waals surface area (Å²) < 4.78 is 5.50. The summed E-state index contributed by atoms with van der Waals surface area (Å²) in [5.74, 6) is 0.277. The number of ether oxygens (including phenoxy) is 1. The van der Waals surface area contributed by atoms with Crippen LogP contribution < -0.4 is 0 Å². The molecule has 0 N–H and O–H groups in total. The second kappa shape index (κ2) is 6.13. The molecule has 2 nitrogen and oxygen atoms in total.